The smallest absolute Gasteiger partial charge is 0.166 e. The van der Waals surface area contributed by atoms with E-state index in [0.29, 0.717) is 6.54 Å². The average molecular weight is 293 g/mol. The van der Waals surface area contributed by atoms with Crippen molar-refractivity contribution in [2.75, 3.05) is 23.9 Å². The predicted octanol–water partition coefficient (Wildman–Crippen LogP) is 2.11. The molecule has 1 fully saturated rings. The lowest BCUT2D eigenvalue weighted by molar-refractivity contribution is 0.557. The second kappa shape index (κ2) is 4.66. The molecular formula is C11H14ClFN2O2S. The molecule has 0 radical (unpaired) electrons. The molecule has 0 unspecified atom stereocenters. The maximum Gasteiger partial charge on any atom is 0.166 e. The largest absolute Gasteiger partial charge is 0.367 e. The summed E-state index contributed by atoms with van der Waals surface area (Å²) in [6.45, 7) is 0.408. The third-order valence-corrected chi connectivity index (χ3v) is 4.31. The summed E-state index contributed by atoms with van der Waals surface area (Å²) in [6.07, 6.45) is 4.24. The predicted molar refractivity (Wildman–Crippen MR) is 69.1 cm³/mol. The van der Waals surface area contributed by atoms with Crippen LogP contribution in [0.2, 0.25) is 5.02 Å². The molecule has 1 saturated carbocycles. The standard InChI is InChI=1S/C11H14ClFN2O2S/c1-18(16,17)7-11(2-3-11)6-15-10-9(13)4-8(12)5-14-10/h4-5H,2-3,6-7H2,1H3,(H,14,15). The van der Waals surface area contributed by atoms with E-state index in [9.17, 15) is 12.8 Å². The van der Waals surface area contributed by atoms with Gasteiger partial charge in [0.25, 0.3) is 0 Å². The lowest BCUT2D eigenvalue weighted by Gasteiger charge is -2.15. The van der Waals surface area contributed by atoms with E-state index < -0.39 is 15.7 Å². The number of nitrogens with zero attached hydrogens (tertiary/aromatic N) is 1. The van der Waals surface area contributed by atoms with Gasteiger partial charge >= 0.3 is 0 Å². The normalized spacial score (nSPS) is 17.5. The van der Waals surface area contributed by atoms with Crippen LogP contribution in [-0.2, 0) is 9.84 Å². The Balaban J connectivity index is 2.00. The fraction of sp³-hybridized carbons (Fsp3) is 0.545. The third-order valence-electron chi connectivity index (χ3n) is 2.96. The Labute approximate surface area is 110 Å². The molecule has 1 aromatic heterocycles. The molecule has 100 valence electrons. The summed E-state index contributed by atoms with van der Waals surface area (Å²) in [7, 11) is -3.02. The Bertz CT molecular complexity index is 558. The van der Waals surface area contributed by atoms with Crippen LogP contribution in [0.25, 0.3) is 0 Å². The van der Waals surface area contributed by atoms with Gasteiger partial charge in [0.1, 0.15) is 9.84 Å². The number of nitrogens with one attached hydrogen (secondary N) is 1. The van der Waals surface area contributed by atoms with Crippen molar-refractivity contribution < 1.29 is 12.8 Å². The molecule has 2 rings (SSSR count). The van der Waals surface area contributed by atoms with Gasteiger partial charge in [-0.05, 0) is 18.9 Å². The molecule has 1 aliphatic rings. The van der Waals surface area contributed by atoms with E-state index in [4.69, 9.17) is 11.6 Å². The Hall–Kier alpha value is -0.880. The molecule has 4 nitrogen and oxygen atoms in total. The fourth-order valence-corrected chi connectivity index (χ4v) is 3.57. The van der Waals surface area contributed by atoms with E-state index in [1.807, 2.05) is 0 Å². The van der Waals surface area contributed by atoms with Crippen LogP contribution in [0.5, 0.6) is 0 Å². The van der Waals surface area contributed by atoms with E-state index >= 15 is 0 Å². The summed E-state index contributed by atoms with van der Waals surface area (Å²) in [4.78, 5) is 3.84. The summed E-state index contributed by atoms with van der Waals surface area (Å²) in [6, 6.07) is 1.17. The third kappa shape index (κ3) is 3.55. The van der Waals surface area contributed by atoms with E-state index in [2.05, 4.69) is 10.3 Å². The first-order chi connectivity index (χ1) is 8.30. The van der Waals surface area contributed by atoms with Gasteiger partial charge in [-0.1, -0.05) is 11.6 Å². The van der Waals surface area contributed by atoms with Crippen LogP contribution < -0.4 is 5.32 Å². The van der Waals surface area contributed by atoms with Crippen LogP contribution in [0.3, 0.4) is 0 Å². The Morgan fingerprint density at radius 2 is 2.22 bits per heavy atom. The first kappa shape index (κ1) is 13.5. The zero-order chi connectivity index (χ0) is 13.4. The summed E-state index contributed by atoms with van der Waals surface area (Å²) >= 11 is 5.60. The minimum absolute atomic E-state index is 0.110. The number of sulfone groups is 1. The highest BCUT2D eigenvalue weighted by molar-refractivity contribution is 7.90. The highest BCUT2D eigenvalue weighted by atomic mass is 35.5. The average Bonchev–Trinajstić information content (AvgIpc) is 2.94. The topological polar surface area (TPSA) is 59.1 Å². The monoisotopic (exact) mass is 292 g/mol. The van der Waals surface area contributed by atoms with Crippen molar-refractivity contribution in [3.05, 3.63) is 23.1 Å². The Morgan fingerprint density at radius 1 is 1.56 bits per heavy atom. The lowest BCUT2D eigenvalue weighted by Crippen LogP contribution is -2.24. The van der Waals surface area contributed by atoms with E-state index in [1.165, 1.54) is 18.5 Å². The molecule has 1 aromatic rings. The van der Waals surface area contributed by atoms with Crippen molar-refractivity contribution in [2.45, 2.75) is 12.8 Å². The number of anilines is 1. The molecular weight excluding hydrogens is 279 g/mol. The molecule has 0 aliphatic heterocycles. The summed E-state index contributed by atoms with van der Waals surface area (Å²) in [5.74, 6) is -0.292. The van der Waals surface area contributed by atoms with Gasteiger partial charge in [-0.3, -0.25) is 0 Å². The number of rotatable bonds is 5. The van der Waals surface area contributed by atoms with Crippen LogP contribution in [0, 0.1) is 11.2 Å². The van der Waals surface area contributed by atoms with Gasteiger partial charge in [0.15, 0.2) is 11.6 Å². The first-order valence-corrected chi connectivity index (χ1v) is 7.96. The summed E-state index contributed by atoms with van der Waals surface area (Å²) in [5.41, 5.74) is -0.263. The molecule has 1 N–H and O–H groups in total. The second-order valence-electron chi connectivity index (χ2n) is 4.91. The van der Waals surface area contributed by atoms with Crippen molar-refractivity contribution in [2.24, 2.45) is 5.41 Å². The van der Waals surface area contributed by atoms with Crippen LogP contribution in [-0.4, -0.2) is 32.0 Å². The zero-order valence-corrected chi connectivity index (χ0v) is 11.5. The first-order valence-electron chi connectivity index (χ1n) is 5.52. The number of hydrogen-bond acceptors (Lipinski definition) is 4. The van der Waals surface area contributed by atoms with Crippen LogP contribution >= 0.6 is 11.6 Å². The van der Waals surface area contributed by atoms with E-state index in [0.717, 1.165) is 12.8 Å². The summed E-state index contributed by atoms with van der Waals surface area (Å²) in [5, 5.41) is 3.09. The van der Waals surface area contributed by atoms with Crippen molar-refractivity contribution >= 4 is 27.3 Å². The molecule has 0 saturated heterocycles. The van der Waals surface area contributed by atoms with E-state index in [-0.39, 0.29) is 22.0 Å². The maximum absolute atomic E-state index is 13.5. The maximum atomic E-state index is 13.5. The minimum Gasteiger partial charge on any atom is -0.367 e. The quantitative estimate of drug-likeness (QED) is 0.903. The number of pyridine rings is 1. The molecule has 0 aromatic carbocycles. The molecule has 0 atom stereocenters. The Morgan fingerprint density at radius 3 is 2.72 bits per heavy atom. The van der Waals surface area contributed by atoms with Gasteiger partial charge in [0, 0.05) is 24.4 Å². The molecule has 18 heavy (non-hydrogen) atoms. The number of halogens is 2. The van der Waals surface area contributed by atoms with Gasteiger partial charge in [0.05, 0.1) is 10.8 Å². The highest BCUT2D eigenvalue weighted by Crippen LogP contribution is 2.46. The number of hydrogen-bond donors (Lipinski definition) is 1. The van der Waals surface area contributed by atoms with Gasteiger partial charge < -0.3 is 5.32 Å². The van der Waals surface area contributed by atoms with E-state index in [1.54, 1.807) is 0 Å². The SMILES string of the molecule is CS(=O)(=O)CC1(CNc2ncc(Cl)cc2F)CC1. The molecule has 1 aliphatic carbocycles. The van der Waals surface area contributed by atoms with Crippen LogP contribution in [0.15, 0.2) is 12.3 Å². The molecule has 0 bridgehead atoms. The van der Waals surface area contributed by atoms with Crippen LogP contribution in [0.1, 0.15) is 12.8 Å². The van der Waals surface area contributed by atoms with Crippen molar-refractivity contribution in [3.8, 4) is 0 Å². The molecule has 7 heteroatoms. The Kier molecular flexibility index (Phi) is 3.51. The highest BCUT2D eigenvalue weighted by Gasteiger charge is 2.45. The molecule has 0 spiro atoms. The second-order valence-corrected chi connectivity index (χ2v) is 7.48. The lowest BCUT2D eigenvalue weighted by atomic mass is 10.1. The van der Waals surface area contributed by atoms with Gasteiger partial charge in [-0.2, -0.15) is 0 Å². The summed E-state index contributed by atoms with van der Waals surface area (Å²) < 4.78 is 36.0. The fourth-order valence-electron chi connectivity index (χ4n) is 1.92. The van der Waals surface area contributed by atoms with Gasteiger partial charge in [-0.15, -0.1) is 0 Å². The van der Waals surface area contributed by atoms with Gasteiger partial charge in [-0.25, -0.2) is 17.8 Å². The van der Waals surface area contributed by atoms with Crippen molar-refractivity contribution in [3.63, 3.8) is 0 Å². The van der Waals surface area contributed by atoms with Crippen molar-refractivity contribution in [1.29, 1.82) is 0 Å². The molecule has 1 heterocycles. The van der Waals surface area contributed by atoms with Crippen LogP contribution in [0.4, 0.5) is 10.2 Å². The number of aromatic nitrogens is 1. The van der Waals surface area contributed by atoms with Crippen molar-refractivity contribution in [1.82, 2.24) is 4.98 Å². The van der Waals surface area contributed by atoms with Gasteiger partial charge in [0.2, 0.25) is 0 Å². The zero-order valence-electron chi connectivity index (χ0n) is 9.91. The molecule has 0 amide bonds. The minimum atomic E-state index is -3.02.